The minimum Gasteiger partial charge on any atom is -0.399 e. The largest absolute Gasteiger partial charge is 0.399 e. The van der Waals surface area contributed by atoms with Crippen LogP contribution in [0.25, 0.3) is 0 Å². The molecule has 0 radical (unpaired) electrons. The molecule has 34 heavy (non-hydrogen) atoms. The van der Waals surface area contributed by atoms with E-state index in [1.54, 1.807) is 11.8 Å². The minimum atomic E-state index is -1.57. The number of allylic oxidation sites excluding steroid dienone is 4. The normalized spacial score (nSPS) is 21.0. The fourth-order valence-corrected chi connectivity index (χ4v) is 6.54. The standard InChI is InChI=1S/C28H25BrN4S/c1-17-11-18(2)24(12-19(17)14-34-21-9-7-20(29)8-10-21)26-23-6-4-3-5-22(23)25(13-30)27(33)28(26,15-31)16-32/h5,7-12,23,26H,3-4,6,14,33H2,1-2H3/t23-,26-/m1/s1. The number of nitriles is 3. The van der Waals surface area contributed by atoms with Crippen LogP contribution in [0.1, 0.15) is 47.4 Å². The van der Waals surface area contributed by atoms with Crippen molar-refractivity contribution in [3.63, 3.8) is 0 Å². The summed E-state index contributed by atoms with van der Waals surface area (Å²) in [5, 5.41) is 30.5. The van der Waals surface area contributed by atoms with E-state index < -0.39 is 11.3 Å². The Morgan fingerprint density at radius 1 is 1.09 bits per heavy atom. The molecule has 0 amide bonds. The zero-order valence-electron chi connectivity index (χ0n) is 19.2. The summed E-state index contributed by atoms with van der Waals surface area (Å²) in [4.78, 5) is 1.18. The lowest BCUT2D eigenvalue weighted by Gasteiger charge is -2.44. The van der Waals surface area contributed by atoms with E-state index in [9.17, 15) is 15.8 Å². The van der Waals surface area contributed by atoms with Crippen LogP contribution in [0, 0.1) is 59.2 Å². The van der Waals surface area contributed by atoms with Crippen LogP contribution in [0.2, 0.25) is 0 Å². The van der Waals surface area contributed by atoms with E-state index in [1.165, 1.54) is 16.0 Å². The molecule has 0 unspecified atom stereocenters. The van der Waals surface area contributed by atoms with Crippen molar-refractivity contribution in [3.05, 3.63) is 86.0 Å². The number of rotatable bonds is 4. The van der Waals surface area contributed by atoms with Crippen molar-refractivity contribution in [2.75, 3.05) is 0 Å². The maximum atomic E-state index is 10.3. The number of aryl methyl sites for hydroxylation is 2. The van der Waals surface area contributed by atoms with Crippen LogP contribution in [-0.4, -0.2) is 0 Å². The van der Waals surface area contributed by atoms with Gasteiger partial charge in [-0.3, -0.25) is 0 Å². The van der Waals surface area contributed by atoms with Gasteiger partial charge >= 0.3 is 0 Å². The third-order valence-electron chi connectivity index (χ3n) is 7.07. The van der Waals surface area contributed by atoms with Crippen LogP contribution in [0.3, 0.4) is 0 Å². The maximum absolute atomic E-state index is 10.3. The summed E-state index contributed by atoms with van der Waals surface area (Å²) in [6.45, 7) is 4.14. The van der Waals surface area contributed by atoms with Crippen molar-refractivity contribution < 1.29 is 0 Å². The summed E-state index contributed by atoms with van der Waals surface area (Å²) in [6.07, 6.45) is 4.76. The minimum absolute atomic E-state index is 0.0802. The number of hydrogen-bond acceptors (Lipinski definition) is 5. The number of fused-ring (bicyclic) bond motifs is 1. The van der Waals surface area contributed by atoms with Crippen LogP contribution in [0.15, 0.2) is 68.7 Å². The SMILES string of the molecule is Cc1cc(C)c([C@H]2[C@@H]3CCCC=C3C(C#N)=C(N)C2(C#N)C#N)cc1CSc1ccc(Br)cc1. The van der Waals surface area contributed by atoms with Crippen LogP contribution in [0.5, 0.6) is 0 Å². The molecular weight excluding hydrogens is 504 g/mol. The highest BCUT2D eigenvalue weighted by Gasteiger charge is 2.54. The Morgan fingerprint density at radius 3 is 2.44 bits per heavy atom. The molecule has 2 aliphatic rings. The Labute approximate surface area is 213 Å². The third kappa shape index (κ3) is 4.05. The van der Waals surface area contributed by atoms with Gasteiger partial charge in [0.05, 0.1) is 23.4 Å². The van der Waals surface area contributed by atoms with E-state index in [4.69, 9.17) is 5.73 Å². The van der Waals surface area contributed by atoms with Crippen molar-refractivity contribution in [2.45, 2.75) is 49.7 Å². The van der Waals surface area contributed by atoms with E-state index in [0.29, 0.717) is 5.57 Å². The van der Waals surface area contributed by atoms with Gasteiger partial charge in [0.15, 0.2) is 5.41 Å². The molecule has 0 aromatic heterocycles. The summed E-state index contributed by atoms with van der Waals surface area (Å²) in [5.41, 5.74) is 10.6. The molecule has 0 spiro atoms. The predicted octanol–water partition coefficient (Wildman–Crippen LogP) is 6.95. The fourth-order valence-electron chi connectivity index (χ4n) is 5.32. The number of thioether (sulfide) groups is 1. The second-order valence-corrected chi connectivity index (χ2v) is 10.9. The highest BCUT2D eigenvalue weighted by Crippen LogP contribution is 2.56. The second-order valence-electron chi connectivity index (χ2n) is 8.98. The first-order valence-corrected chi connectivity index (χ1v) is 13.1. The highest BCUT2D eigenvalue weighted by molar-refractivity contribution is 9.10. The molecule has 0 bridgehead atoms. The van der Waals surface area contributed by atoms with Crippen molar-refractivity contribution in [3.8, 4) is 18.2 Å². The van der Waals surface area contributed by atoms with E-state index in [0.717, 1.165) is 46.2 Å². The van der Waals surface area contributed by atoms with Gasteiger partial charge in [-0.1, -0.05) is 34.1 Å². The first-order chi connectivity index (χ1) is 16.4. The molecule has 6 heteroatoms. The van der Waals surface area contributed by atoms with Crippen LogP contribution < -0.4 is 5.73 Å². The predicted molar refractivity (Wildman–Crippen MR) is 138 cm³/mol. The lowest BCUT2D eigenvalue weighted by molar-refractivity contribution is 0.316. The monoisotopic (exact) mass is 528 g/mol. The first-order valence-electron chi connectivity index (χ1n) is 11.3. The van der Waals surface area contributed by atoms with Gasteiger partial charge in [0.1, 0.15) is 6.07 Å². The molecule has 0 saturated carbocycles. The van der Waals surface area contributed by atoms with Crippen molar-refractivity contribution >= 4 is 27.7 Å². The van der Waals surface area contributed by atoms with Gasteiger partial charge in [-0.15, -0.1) is 11.8 Å². The van der Waals surface area contributed by atoms with E-state index in [2.05, 4.69) is 71.4 Å². The lowest BCUT2D eigenvalue weighted by Crippen LogP contribution is -2.43. The van der Waals surface area contributed by atoms with Crippen LogP contribution in [-0.2, 0) is 5.75 Å². The summed E-state index contributed by atoms with van der Waals surface area (Å²) in [7, 11) is 0. The lowest BCUT2D eigenvalue weighted by atomic mass is 9.56. The van der Waals surface area contributed by atoms with Gasteiger partial charge in [-0.05, 0) is 91.1 Å². The summed E-state index contributed by atoms with van der Waals surface area (Å²) < 4.78 is 1.05. The molecule has 2 aliphatic carbocycles. The zero-order valence-corrected chi connectivity index (χ0v) is 21.6. The van der Waals surface area contributed by atoms with Crippen LogP contribution in [0.4, 0.5) is 0 Å². The molecule has 2 aromatic carbocycles. The van der Waals surface area contributed by atoms with Gasteiger partial charge in [0.25, 0.3) is 0 Å². The van der Waals surface area contributed by atoms with Gasteiger partial charge in [0, 0.05) is 21.0 Å². The molecule has 0 fully saturated rings. The molecule has 2 aromatic rings. The molecule has 0 aliphatic heterocycles. The highest BCUT2D eigenvalue weighted by atomic mass is 79.9. The Hall–Kier alpha value is -2.98. The maximum Gasteiger partial charge on any atom is 0.191 e. The quantitative estimate of drug-likeness (QED) is 0.432. The number of halogens is 1. The molecule has 2 N–H and O–H groups in total. The van der Waals surface area contributed by atoms with E-state index in [-0.39, 0.29) is 11.6 Å². The third-order valence-corrected chi connectivity index (χ3v) is 8.66. The Bertz CT molecular complexity index is 1300. The molecule has 4 rings (SSSR count). The van der Waals surface area contributed by atoms with Gasteiger partial charge < -0.3 is 5.73 Å². The number of nitrogens with zero attached hydrogens (tertiary/aromatic N) is 3. The number of nitrogens with two attached hydrogens (primary N) is 1. The molecule has 0 saturated heterocycles. The average molecular weight is 530 g/mol. The number of benzene rings is 2. The summed E-state index contributed by atoms with van der Waals surface area (Å²) in [6, 6.07) is 19.3. The van der Waals surface area contributed by atoms with Gasteiger partial charge in [-0.25, -0.2) is 0 Å². The van der Waals surface area contributed by atoms with E-state index in [1.807, 2.05) is 19.1 Å². The average Bonchev–Trinajstić information content (AvgIpc) is 2.84. The Morgan fingerprint density at radius 2 is 1.79 bits per heavy atom. The topological polar surface area (TPSA) is 97.4 Å². The molecular formula is C28H25BrN4S. The van der Waals surface area contributed by atoms with Gasteiger partial charge in [-0.2, -0.15) is 15.8 Å². The first kappa shape index (κ1) is 24.2. The molecule has 4 nitrogen and oxygen atoms in total. The molecule has 2 atom stereocenters. The zero-order chi connectivity index (χ0) is 24.5. The van der Waals surface area contributed by atoms with Gasteiger partial charge in [0.2, 0.25) is 0 Å². The van der Waals surface area contributed by atoms with Crippen molar-refractivity contribution in [2.24, 2.45) is 17.1 Å². The summed E-state index contributed by atoms with van der Waals surface area (Å²) >= 11 is 5.24. The summed E-state index contributed by atoms with van der Waals surface area (Å²) in [5.74, 6) is 0.286. The Kier molecular flexibility index (Phi) is 6.90. The second kappa shape index (κ2) is 9.71. The fraction of sp³-hybridized carbons (Fsp3) is 0.321. The van der Waals surface area contributed by atoms with Crippen molar-refractivity contribution in [1.29, 1.82) is 15.8 Å². The smallest absolute Gasteiger partial charge is 0.191 e. The van der Waals surface area contributed by atoms with Crippen LogP contribution >= 0.6 is 27.7 Å². The van der Waals surface area contributed by atoms with E-state index >= 15 is 0 Å². The number of hydrogen-bond donors (Lipinski definition) is 1. The molecule has 170 valence electrons. The Balaban J connectivity index is 1.83. The van der Waals surface area contributed by atoms with Crippen molar-refractivity contribution in [1.82, 2.24) is 0 Å². The molecule has 0 heterocycles.